The van der Waals surface area contributed by atoms with Crippen molar-refractivity contribution >= 4 is 5.91 Å². The summed E-state index contributed by atoms with van der Waals surface area (Å²) in [5.74, 6) is 0.468. The van der Waals surface area contributed by atoms with Gasteiger partial charge in [-0.2, -0.15) is 0 Å². The number of carbonyl (C=O) groups excluding carboxylic acids is 1. The normalized spacial score (nSPS) is 16.5. The van der Waals surface area contributed by atoms with Crippen molar-refractivity contribution in [2.24, 2.45) is 0 Å². The Bertz CT molecular complexity index is 935. The molecule has 0 unspecified atom stereocenters. The lowest BCUT2D eigenvalue weighted by Gasteiger charge is -2.23. The second kappa shape index (κ2) is 7.23. The lowest BCUT2D eigenvalue weighted by molar-refractivity contribution is 0.0693. The van der Waals surface area contributed by atoms with Gasteiger partial charge in [0.25, 0.3) is 5.91 Å². The second-order valence-electron chi connectivity index (χ2n) is 6.51. The van der Waals surface area contributed by atoms with Crippen LogP contribution in [0.15, 0.2) is 59.1 Å². The first-order valence-corrected chi connectivity index (χ1v) is 8.83. The highest BCUT2D eigenvalue weighted by molar-refractivity contribution is 5.93. The van der Waals surface area contributed by atoms with Gasteiger partial charge in [-0.05, 0) is 54.8 Å². The van der Waals surface area contributed by atoms with Crippen LogP contribution in [0, 0.1) is 5.82 Å². The van der Waals surface area contributed by atoms with E-state index in [1.165, 1.54) is 12.1 Å². The van der Waals surface area contributed by atoms with E-state index in [-0.39, 0.29) is 23.5 Å². The Morgan fingerprint density at radius 2 is 1.93 bits per heavy atom. The van der Waals surface area contributed by atoms with Crippen LogP contribution in [-0.2, 0) is 0 Å². The lowest BCUT2D eigenvalue weighted by Crippen LogP contribution is -2.30. The molecule has 1 aliphatic rings. The molecule has 0 N–H and O–H groups in total. The number of nitrogens with zero attached hydrogens (tertiary/aromatic N) is 2. The van der Waals surface area contributed by atoms with E-state index >= 15 is 0 Å². The maximum Gasteiger partial charge on any atom is 0.292 e. The van der Waals surface area contributed by atoms with E-state index in [0.29, 0.717) is 12.2 Å². The van der Waals surface area contributed by atoms with E-state index in [4.69, 9.17) is 9.26 Å². The van der Waals surface area contributed by atoms with Gasteiger partial charge in [-0.3, -0.25) is 4.79 Å². The van der Waals surface area contributed by atoms with Crippen LogP contribution in [0.5, 0.6) is 5.75 Å². The number of amides is 1. The summed E-state index contributed by atoms with van der Waals surface area (Å²) >= 11 is 0. The number of ether oxygens (including phenoxy) is 1. The Labute approximate surface area is 156 Å². The number of hydrogen-bond donors (Lipinski definition) is 0. The van der Waals surface area contributed by atoms with Crippen molar-refractivity contribution in [1.29, 1.82) is 0 Å². The fourth-order valence-electron chi connectivity index (χ4n) is 3.46. The molecule has 0 saturated carbocycles. The van der Waals surface area contributed by atoms with Gasteiger partial charge in [0.05, 0.1) is 13.2 Å². The van der Waals surface area contributed by atoms with Crippen LogP contribution in [0.25, 0.3) is 11.3 Å². The van der Waals surface area contributed by atoms with E-state index in [0.717, 1.165) is 29.7 Å². The molecule has 1 atom stereocenters. The van der Waals surface area contributed by atoms with Crippen LogP contribution < -0.4 is 4.74 Å². The van der Waals surface area contributed by atoms with Crippen molar-refractivity contribution in [2.75, 3.05) is 13.7 Å². The molecule has 2 heterocycles. The molecule has 138 valence electrons. The zero-order valence-electron chi connectivity index (χ0n) is 14.9. The van der Waals surface area contributed by atoms with Crippen LogP contribution in [0.4, 0.5) is 4.39 Å². The van der Waals surface area contributed by atoms with E-state index in [9.17, 15) is 9.18 Å². The molecule has 1 amide bonds. The van der Waals surface area contributed by atoms with E-state index < -0.39 is 0 Å². The molecule has 6 heteroatoms. The van der Waals surface area contributed by atoms with Crippen molar-refractivity contribution < 1.29 is 18.4 Å². The molecular weight excluding hydrogens is 347 g/mol. The zero-order chi connectivity index (χ0) is 18.8. The molecule has 0 aliphatic carbocycles. The highest BCUT2D eigenvalue weighted by Crippen LogP contribution is 2.33. The number of benzene rings is 2. The number of halogens is 1. The Morgan fingerprint density at radius 1 is 1.19 bits per heavy atom. The van der Waals surface area contributed by atoms with E-state index in [1.807, 2.05) is 24.3 Å². The molecule has 0 spiro atoms. The molecule has 2 aromatic carbocycles. The molecular formula is C21H19FN2O3. The highest BCUT2D eigenvalue weighted by Gasteiger charge is 2.32. The maximum atomic E-state index is 13.2. The van der Waals surface area contributed by atoms with Gasteiger partial charge in [-0.15, -0.1) is 0 Å². The van der Waals surface area contributed by atoms with Crippen LogP contribution >= 0.6 is 0 Å². The minimum Gasteiger partial charge on any atom is -0.497 e. The predicted octanol–water partition coefficient (Wildman–Crippen LogP) is 4.47. The highest BCUT2D eigenvalue weighted by atomic mass is 19.1. The Morgan fingerprint density at radius 3 is 2.63 bits per heavy atom. The average molecular weight is 366 g/mol. The van der Waals surface area contributed by atoms with Crippen molar-refractivity contribution in [3.63, 3.8) is 0 Å². The number of rotatable bonds is 4. The SMILES string of the molecule is COc1ccc(-c2cc(C(=O)N3CCC[C@@H]3c3ccc(F)cc3)on2)cc1. The third kappa shape index (κ3) is 3.43. The average Bonchev–Trinajstić information content (AvgIpc) is 3.38. The summed E-state index contributed by atoms with van der Waals surface area (Å²) in [4.78, 5) is 14.7. The third-order valence-electron chi connectivity index (χ3n) is 4.88. The molecule has 5 nitrogen and oxygen atoms in total. The van der Waals surface area contributed by atoms with Gasteiger partial charge in [0, 0.05) is 18.2 Å². The summed E-state index contributed by atoms with van der Waals surface area (Å²) in [6.45, 7) is 0.638. The summed E-state index contributed by atoms with van der Waals surface area (Å²) < 4.78 is 23.7. The van der Waals surface area contributed by atoms with Crippen LogP contribution in [0.2, 0.25) is 0 Å². The van der Waals surface area contributed by atoms with Crippen molar-refractivity contribution in [3.05, 3.63) is 71.7 Å². The lowest BCUT2D eigenvalue weighted by atomic mass is 10.0. The van der Waals surface area contributed by atoms with Gasteiger partial charge < -0.3 is 14.2 Å². The van der Waals surface area contributed by atoms with Crippen molar-refractivity contribution in [1.82, 2.24) is 10.1 Å². The van der Waals surface area contributed by atoms with Gasteiger partial charge in [0.2, 0.25) is 5.76 Å². The fourth-order valence-corrected chi connectivity index (χ4v) is 3.46. The Balaban J connectivity index is 1.55. The fraction of sp³-hybridized carbons (Fsp3) is 0.238. The molecule has 4 rings (SSSR count). The van der Waals surface area contributed by atoms with E-state index in [1.54, 1.807) is 30.2 Å². The molecule has 1 aromatic heterocycles. The first-order valence-electron chi connectivity index (χ1n) is 8.83. The van der Waals surface area contributed by atoms with Crippen molar-refractivity contribution in [3.8, 4) is 17.0 Å². The molecule has 0 bridgehead atoms. The molecule has 1 fully saturated rings. The Hall–Kier alpha value is -3.15. The van der Waals surface area contributed by atoms with Gasteiger partial charge in [-0.1, -0.05) is 17.3 Å². The summed E-state index contributed by atoms with van der Waals surface area (Å²) in [7, 11) is 1.61. The summed E-state index contributed by atoms with van der Waals surface area (Å²) in [5, 5.41) is 4.03. The summed E-state index contributed by atoms with van der Waals surface area (Å²) in [5.41, 5.74) is 2.37. The van der Waals surface area contributed by atoms with Crippen LogP contribution in [-0.4, -0.2) is 29.6 Å². The van der Waals surface area contributed by atoms with Crippen molar-refractivity contribution in [2.45, 2.75) is 18.9 Å². The summed E-state index contributed by atoms with van der Waals surface area (Å²) in [6.07, 6.45) is 1.74. The van der Waals surface area contributed by atoms with Crippen LogP contribution in [0.3, 0.4) is 0 Å². The minimum atomic E-state index is -0.283. The van der Waals surface area contributed by atoms with Gasteiger partial charge in [0.1, 0.15) is 17.3 Å². The first-order chi connectivity index (χ1) is 13.2. The standard InChI is InChI=1S/C21H19FN2O3/c1-26-17-10-6-14(7-11-17)18-13-20(27-23-18)21(25)24-12-2-3-19(24)15-4-8-16(22)9-5-15/h4-11,13,19H,2-3,12H2,1H3/t19-/m1/s1. The topological polar surface area (TPSA) is 55.6 Å². The van der Waals surface area contributed by atoms with Gasteiger partial charge in [0.15, 0.2) is 0 Å². The number of methoxy groups -OCH3 is 1. The minimum absolute atomic E-state index is 0.0763. The molecule has 1 saturated heterocycles. The quantitative estimate of drug-likeness (QED) is 0.684. The van der Waals surface area contributed by atoms with Gasteiger partial charge >= 0.3 is 0 Å². The largest absolute Gasteiger partial charge is 0.497 e. The summed E-state index contributed by atoms with van der Waals surface area (Å²) in [6, 6.07) is 15.3. The number of carbonyl (C=O) groups is 1. The monoisotopic (exact) mass is 366 g/mol. The van der Waals surface area contributed by atoms with Crippen LogP contribution in [0.1, 0.15) is 35.0 Å². The molecule has 0 radical (unpaired) electrons. The smallest absolute Gasteiger partial charge is 0.292 e. The maximum absolute atomic E-state index is 13.2. The first kappa shape index (κ1) is 17.3. The number of likely N-dealkylation sites (tertiary alicyclic amines) is 1. The molecule has 27 heavy (non-hydrogen) atoms. The zero-order valence-corrected chi connectivity index (χ0v) is 14.9. The molecule has 3 aromatic rings. The third-order valence-corrected chi connectivity index (χ3v) is 4.88. The van der Waals surface area contributed by atoms with E-state index in [2.05, 4.69) is 5.16 Å². The second-order valence-corrected chi connectivity index (χ2v) is 6.51. The van der Waals surface area contributed by atoms with Gasteiger partial charge in [-0.25, -0.2) is 4.39 Å². The molecule has 1 aliphatic heterocycles. The predicted molar refractivity (Wildman–Crippen MR) is 97.9 cm³/mol. The number of hydrogen-bond acceptors (Lipinski definition) is 4. The number of aromatic nitrogens is 1. The Kier molecular flexibility index (Phi) is 4.62.